The second-order valence-electron chi connectivity index (χ2n) is 2.62. The van der Waals surface area contributed by atoms with Gasteiger partial charge in [-0.2, -0.15) is 0 Å². The molecule has 0 aliphatic rings. The van der Waals surface area contributed by atoms with Gasteiger partial charge in [-0.05, 0) is 21.0 Å². The van der Waals surface area contributed by atoms with Crippen molar-refractivity contribution in [2.45, 2.75) is 33.1 Å². The molecule has 0 unspecified atom stereocenters. The van der Waals surface area contributed by atoms with Gasteiger partial charge in [-0.25, -0.2) is 8.78 Å². The van der Waals surface area contributed by atoms with Gasteiger partial charge in [0.05, 0.1) is 0 Å². The fourth-order valence-corrected chi connectivity index (χ4v) is 0.420. The number of hydrogen-bond donors (Lipinski definition) is 0. The molecule has 0 rings (SSSR count). The van der Waals surface area contributed by atoms with Crippen LogP contribution in [0.2, 0.25) is 0 Å². The normalized spacial score (nSPS) is 10.9. The van der Waals surface area contributed by atoms with Gasteiger partial charge in [-0.3, -0.25) is 0 Å². The highest BCUT2D eigenvalue weighted by Crippen LogP contribution is 2.15. The average molecular weight is 167 g/mol. The van der Waals surface area contributed by atoms with E-state index in [0.717, 1.165) is 6.92 Å². The summed E-state index contributed by atoms with van der Waals surface area (Å²) < 4.78 is 24.1. The second kappa shape index (κ2) is 6.53. The minimum Gasteiger partial charge on any atom is -0.309 e. The first-order chi connectivity index (χ1) is 4.92. The highest BCUT2D eigenvalue weighted by molar-refractivity contribution is 4.59. The lowest BCUT2D eigenvalue weighted by atomic mass is 10.3. The van der Waals surface area contributed by atoms with E-state index in [2.05, 4.69) is 0 Å². The largest absolute Gasteiger partial charge is 0.309 e. The van der Waals surface area contributed by atoms with E-state index < -0.39 is 5.92 Å². The third-order valence-electron chi connectivity index (χ3n) is 0.998. The fourth-order valence-electron chi connectivity index (χ4n) is 0.420. The van der Waals surface area contributed by atoms with E-state index in [1.165, 1.54) is 0 Å². The Morgan fingerprint density at radius 2 is 1.55 bits per heavy atom. The number of hydrogen-bond acceptors (Lipinski definition) is 1. The monoisotopic (exact) mass is 167 g/mol. The number of halogens is 2. The molecule has 0 radical (unpaired) electrons. The molecule has 11 heavy (non-hydrogen) atoms. The molecule has 3 heteroatoms. The Hall–Kier alpha value is -0.180. The minimum absolute atomic E-state index is 0.0556. The summed E-state index contributed by atoms with van der Waals surface area (Å²) in [6.07, 6.45) is -0.0556. The van der Waals surface area contributed by atoms with Crippen LogP contribution in [0.3, 0.4) is 0 Å². The fraction of sp³-hybridized carbons (Fsp3) is 1.00. The van der Waals surface area contributed by atoms with Crippen molar-refractivity contribution in [1.82, 2.24) is 4.90 Å². The van der Waals surface area contributed by atoms with Gasteiger partial charge in [0.25, 0.3) is 0 Å². The van der Waals surface area contributed by atoms with E-state index in [1.807, 2.05) is 13.8 Å². The molecule has 0 aliphatic carbocycles. The molecule has 0 spiro atoms. The smallest absolute Gasteiger partial charge is 0.246 e. The van der Waals surface area contributed by atoms with Gasteiger partial charge in [0, 0.05) is 13.0 Å². The van der Waals surface area contributed by atoms with Crippen molar-refractivity contribution >= 4 is 0 Å². The zero-order valence-electron chi connectivity index (χ0n) is 8.12. The first kappa shape index (κ1) is 13.4. The minimum atomic E-state index is -2.51. The van der Waals surface area contributed by atoms with Gasteiger partial charge in [-0.15, -0.1) is 0 Å². The summed E-state index contributed by atoms with van der Waals surface area (Å²) in [6, 6.07) is 0. The molecule has 0 N–H and O–H groups in total. The zero-order valence-corrected chi connectivity index (χ0v) is 8.12. The summed E-state index contributed by atoms with van der Waals surface area (Å²) in [5.41, 5.74) is 0. The molecule has 0 aliphatic heterocycles. The summed E-state index contributed by atoms with van der Waals surface area (Å²) in [5, 5.41) is 0. The lowest BCUT2D eigenvalue weighted by Gasteiger charge is -2.13. The molecule has 0 aromatic carbocycles. The summed E-state index contributed by atoms with van der Waals surface area (Å²) in [5.74, 6) is -2.51. The maximum atomic E-state index is 12.1. The van der Waals surface area contributed by atoms with Crippen LogP contribution < -0.4 is 0 Å². The maximum absolute atomic E-state index is 12.1. The molecular weight excluding hydrogens is 148 g/mol. The molecule has 0 heterocycles. The van der Waals surface area contributed by atoms with Crippen LogP contribution in [-0.2, 0) is 0 Å². The average Bonchev–Trinajstić information content (AvgIpc) is 1.87. The van der Waals surface area contributed by atoms with Crippen LogP contribution in [-0.4, -0.2) is 31.5 Å². The highest BCUT2D eigenvalue weighted by Gasteiger charge is 2.19. The van der Waals surface area contributed by atoms with E-state index in [1.54, 1.807) is 19.0 Å². The molecule has 70 valence electrons. The molecule has 0 saturated heterocycles. The van der Waals surface area contributed by atoms with Crippen LogP contribution >= 0.6 is 0 Å². The topological polar surface area (TPSA) is 3.24 Å². The molecule has 1 nitrogen and oxygen atoms in total. The van der Waals surface area contributed by atoms with Crippen molar-refractivity contribution in [1.29, 1.82) is 0 Å². The Labute approximate surface area is 68.4 Å². The lowest BCUT2D eigenvalue weighted by Crippen LogP contribution is -2.21. The standard InChI is InChI=1S/C6H13F2N.C2H6/c1-6(7,8)4-5-9(2)3;1-2/h4-5H2,1-3H3;1-2H3. The molecule has 0 atom stereocenters. The molecule has 0 amide bonds. The molecule has 0 fully saturated rings. The number of rotatable bonds is 3. The lowest BCUT2D eigenvalue weighted by molar-refractivity contribution is 0.00691. The molecule has 0 saturated carbocycles. The van der Waals surface area contributed by atoms with Crippen molar-refractivity contribution < 1.29 is 8.78 Å². The maximum Gasteiger partial charge on any atom is 0.246 e. The van der Waals surface area contributed by atoms with Crippen molar-refractivity contribution in [3.8, 4) is 0 Å². The first-order valence-electron chi connectivity index (χ1n) is 3.94. The Morgan fingerprint density at radius 1 is 1.18 bits per heavy atom. The second-order valence-corrected chi connectivity index (χ2v) is 2.62. The molecular formula is C8H19F2N. The predicted octanol–water partition coefficient (Wildman–Crippen LogP) is 2.62. The third kappa shape index (κ3) is 17.7. The Balaban J connectivity index is 0. The van der Waals surface area contributed by atoms with Crippen LogP contribution in [0.4, 0.5) is 8.78 Å². The SMILES string of the molecule is CC.CN(C)CCC(C)(F)F. The van der Waals surface area contributed by atoms with Crippen LogP contribution in [0.15, 0.2) is 0 Å². The number of nitrogens with zero attached hydrogens (tertiary/aromatic N) is 1. The summed E-state index contributed by atoms with van der Waals surface area (Å²) >= 11 is 0. The van der Waals surface area contributed by atoms with Gasteiger partial charge in [-0.1, -0.05) is 13.8 Å². The molecule has 0 bridgehead atoms. The van der Waals surface area contributed by atoms with Gasteiger partial charge >= 0.3 is 0 Å². The summed E-state index contributed by atoms with van der Waals surface area (Å²) in [4.78, 5) is 1.75. The highest BCUT2D eigenvalue weighted by atomic mass is 19.3. The summed E-state index contributed by atoms with van der Waals surface area (Å²) in [7, 11) is 3.57. The van der Waals surface area contributed by atoms with Crippen molar-refractivity contribution in [3.63, 3.8) is 0 Å². The Bertz CT molecular complexity index is 76.7. The van der Waals surface area contributed by atoms with Crippen LogP contribution in [0.25, 0.3) is 0 Å². The summed E-state index contributed by atoms with van der Waals surface area (Å²) in [6.45, 7) is 5.39. The zero-order chi connectivity index (χ0) is 9.49. The van der Waals surface area contributed by atoms with Crippen LogP contribution in [0.5, 0.6) is 0 Å². The van der Waals surface area contributed by atoms with Gasteiger partial charge in [0.2, 0.25) is 5.92 Å². The van der Waals surface area contributed by atoms with Crippen molar-refractivity contribution in [2.24, 2.45) is 0 Å². The van der Waals surface area contributed by atoms with E-state index in [-0.39, 0.29) is 6.42 Å². The number of alkyl halides is 2. The Kier molecular flexibility index (Phi) is 7.96. The molecule has 0 aromatic heterocycles. The van der Waals surface area contributed by atoms with Crippen LogP contribution in [0.1, 0.15) is 27.2 Å². The third-order valence-corrected chi connectivity index (χ3v) is 0.998. The predicted molar refractivity (Wildman–Crippen MR) is 45.1 cm³/mol. The van der Waals surface area contributed by atoms with Gasteiger partial charge in [0.1, 0.15) is 0 Å². The van der Waals surface area contributed by atoms with E-state index in [0.29, 0.717) is 6.54 Å². The van der Waals surface area contributed by atoms with Crippen molar-refractivity contribution in [2.75, 3.05) is 20.6 Å². The quantitative estimate of drug-likeness (QED) is 0.624. The Morgan fingerprint density at radius 3 is 1.64 bits per heavy atom. The van der Waals surface area contributed by atoms with E-state index >= 15 is 0 Å². The van der Waals surface area contributed by atoms with Gasteiger partial charge in [0.15, 0.2) is 0 Å². The van der Waals surface area contributed by atoms with E-state index in [9.17, 15) is 8.78 Å². The van der Waals surface area contributed by atoms with E-state index in [4.69, 9.17) is 0 Å². The van der Waals surface area contributed by atoms with Crippen molar-refractivity contribution in [3.05, 3.63) is 0 Å². The van der Waals surface area contributed by atoms with Gasteiger partial charge < -0.3 is 4.90 Å². The first-order valence-corrected chi connectivity index (χ1v) is 3.94. The molecule has 0 aromatic rings. The van der Waals surface area contributed by atoms with Crippen LogP contribution in [0, 0.1) is 0 Å².